The Hall–Kier alpha value is -2.74. The Morgan fingerprint density at radius 2 is 1.96 bits per heavy atom. The highest BCUT2D eigenvalue weighted by molar-refractivity contribution is 8.00. The molecule has 0 aliphatic carbocycles. The first-order chi connectivity index (χ1) is 13.5. The summed E-state index contributed by atoms with van der Waals surface area (Å²) in [7, 11) is 3.04. The number of hydrogen-bond acceptors (Lipinski definition) is 5. The van der Waals surface area contributed by atoms with E-state index in [1.807, 2.05) is 0 Å². The topological polar surface area (TPSA) is 76.7 Å². The molecular formula is C20H21FN2O4S. The summed E-state index contributed by atoms with van der Waals surface area (Å²) in [6.45, 7) is 0. The molecule has 2 aromatic rings. The van der Waals surface area contributed by atoms with Crippen LogP contribution < -0.4 is 20.1 Å². The monoisotopic (exact) mass is 404 g/mol. The van der Waals surface area contributed by atoms with Crippen molar-refractivity contribution in [3.63, 3.8) is 0 Å². The summed E-state index contributed by atoms with van der Waals surface area (Å²) in [5, 5.41) is 5.07. The fraction of sp³-hybridized carbons (Fsp3) is 0.300. The van der Waals surface area contributed by atoms with E-state index in [9.17, 15) is 14.0 Å². The van der Waals surface area contributed by atoms with Gasteiger partial charge in [-0.15, -0.1) is 11.8 Å². The maximum Gasteiger partial charge on any atom is 0.247 e. The fourth-order valence-corrected chi connectivity index (χ4v) is 4.07. The van der Waals surface area contributed by atoms with E-state index in [4.69, 9.17) is 9.47 Å². The van der Waals surface area contributed by atoms with Crippen LogP contribution in [-0.4, -0.2) is 43.1 Å². The summed E-state index contributed by atoms with van der Waals surface area (Å²) in [5.74, 6) is 0.531. The Bertz CT molecular complexity index is 877. The third kappa shape index (κ3) is 4.56. The predicted molar refractivity (Wildman–Crippen MR) is 106 cm³/mol. The number of thioether (sulfide) groups is 1. The van der Waals surface area contributed by atoms with Crippen LogP contribution in [0.25, 0.3) is 0 Å². The lowest BCUT2D eigenvalue weighted by molar-refractivity contribution is -0.126. The number of amides is 2. The molecule has 28 heavy (non-hydrogen) atoms. The third-order valence-corrected chi connectivity index (χ3v) is 5.71. The molecule has 1 heterocycles. The molecule has 148 valence electrons. The lowest BCUT2D eigenvalue weighted by atomic mass is 10.1. The highest BCUT2D eigenvalue weighted by Crippen LogP contribution is 2.30. The van der Waals surface area contributed by atoms with Crippen LogP contribution in [-0.2, 0) is 16.0 Å². The van der Waals surface area contributed by atoms with E-state index in [1.165, 1.54) is 32.0 Å². The second-order valence-electron chi connectivity index (χ2n) is 6.24. The molecule has 1 saturated heterocycles. The maximum absolute atomic E-state index is 13.8. The van der Waals surface area contributed by atoms with E-state index >= 15 is 0 Å². The van der Waals surface area contributed by atoms with E-state index in [0.29, 0.717) is 28.5 Å². The molecule has 2 aromatic carbocycles. The van der Waals surface area contributed by atoms with Gasteiger partial charge in [-0.2, -0.15) is 0 Å². The molecule has 2 N–H and O–H groups in total. The van der Waals surface area contributed by atoms with Crippen LogP contribution in [0.4, 0.5) is 10.1 Å². The van der Waals surface area contributed by atoms with Crippen molar-refractivity contribution in [2.45, 2.75) is 17.7 Å². The van der Waals surface area contributed by atoms with Crippen molar-refractivity contribution in [1.29, 1.82) is 0 Å². The zero-order chi connectivity index (χ0) is 20.1. The van der Waals surface area contributed by atoms with E-state index < -0.39 is 11.3 Å². The molecule has 6 nitrogen and oxygen atoms in total. The number of hydrogen-bond donors (Lipinski definition) is 2. The van der Waals surface area contributed by atoms with Gasteiger partial charge in [0.05, 0.1) is 19.5 Å². The average molecular weight is 404 g/mol. The van der Waals surface area contributed by atoms with Gasteiger partial charge in [0.1, 0.15) is 11.9 Å². The first-order valence-corrected chi connectivity index (χ1v) is 9.75. The first kappa shape index (κ1) is 20.0. The van der Waals surface area contributed by atoms with Crippen molar-refractivity contribution in [2.75, 3.05) is 25.3 Å². The summed E-state index contributed by atoms with van der Waals surface area (Å²) < 4.78 is 24.2. The van der Waals surface area contributed by atoms with Crippen molar-refractivity contribution in [3.8, 4) is 11.5 Å². The van der Waals surface area contributed by atoms with Crippen molar-refractivity contribution in [2.24, 2.45) is 0 Å². The van der Waals surface area contributed by atoms with Crippen LogP contribution in [0.3, 0.4) is 0 Å². The highest BCUT2D eigenvalue weighted by Gasteiger charge is 2.32. The number of halogens is 1. The molecule has 0 bridgehead atoms. The summed E-state index contributed by atoms with van der Waals surface area (Å²) in [4.78, 5) is 24.9. The average Bonchev–Trinajstić information content (AvgIpc) is 2.70. The molecule has 8 heteroatoms. The van der Waals surface area contributed by atoms with Crippen LogP contribution in [0.15, 0.2) is 42.5 Å². The van der Waals surface area contributed by atoms with Crippen molar-refractivity contribution in [1.82, 2.24) is 5.32 Å². The van der Waals surface area contributed by atoms with Gasteiger partial charge in [0.15, 0.2) is 11.5 Å². The molecule has 0 radical (unpaired) electrons. The Balaban J connectivity index is 1.60. The number of ether oxygens (including phenoxy) is 2. The van der Waals surface area contributed by atoms with E-state index in [0.717, 1.165) is 0 Å². The van der Waals surface area contributed by atoms with E-state index in [1.54, 1.807) is 36.4 Å². The highest BCUT2D eigenvalue weighted by atomic mass is 32.2. The van der Waals surface area contributed by atoms with Crippen LogP contribution in [0.2, 0.25) is 0 Å². The SMILES string of the molecule is COc1ccc(NC(=O)[C@@H]2CS[C@H](Cc3ccccc3F)C(=O)N2)cc1OC. The summed E-state index contributed by atoms with van der Waals surface area (Å²) in [6, 6.07) is 10.8. The van der Waals surface area contributed by atoms with Crippen LogP contribution in [0.5, 0.6) is 11.5 Å². The van der Waals surface area contributed by atoms with E-state index in [-0.39, 0.29) is 24.1 Å². The smallest absolute Gasteiger partial charge is 0.247 e. The normalized spacial score (nSPS) is 18.9. The van der Waals surface area contributed by atoms with Gasteiger partial charge in [-0.05, 0) is 30.2 Å². The predicted octanol–water partition coefficient (Wildman–Crippen LogP) is 2.62. The lowest BCUT2D eigenvalue weighted by Crippen LogP contribution is -2.52. The first-order valence-electron chi connectivity index (χ1n) is 8.70. The van der Waals surface area contributed by atoms with Gasteiger partial charge in [0.25, 0.3) is 0 Å². The Labute approximate surface area is 166 Å². The zero-order valence-corrected chi connectivity index (χ0v) is 16.3. The number of nitrogens with one attached hydrogen (secondary N) is 2. The zero-order valence-electron chi connectivity index (χ0n) is 15.5. The largest absolute Gasteiger partial charge is 0.493 e. The fourth-order valence-electron chi connectivity index (χ4n) is 2.89. The van der Waals surface area contributed by atoms with Crippen LogP contribution in [0, 0.1) is 5.82 Å². The van der Waals surface area contributed by atoms with Crippen LogP contribution in [0.1, 0.15) is 5.56 Å². The molecule has 0 unspecified atom stereocenters. The van der Waals surface area contributed by atoms with E-state index in [2.05, 4.69) is 10.6 Å². The molecule has 1 aliphatic rings. The van der Waals surface area contributed by atoms with Crippen molar-refractivity contribution >= 4 is 29.3 Å². The molecule has 1 fully saturated rings. The molecule has 0 saturated carbocycles. The molecule has 3 rings (SSSR count). The summed E-state index contributed by atoms with van der Waals surface area (Å²) >= 11 is 1.35. The second kappa shape index (κ2) is 8.97. The van der Waals surface area contributed by atoms with Gasteiger partial charge in [-0.3, -0.25) is 9.59 Å². The molecule has 2 atom stereocenters. The van der Waals surface area contributed by atoms with Gasteiger partial charge in [-0.1, -0.05) is 18.2 Å². The minimum absolute atomic E-state index is 0.271. The van der Waals surface area contributed by atoms with Gasteiger partial charge >= 0.3 is 0 Å². The molecule has 0 aromatic heterocycles. The van der Waals surface area contributed by atoms with Gasteiger partial charge in [0.2, 0.25) is 11.8 Å². The van der Waals surface area contributed by atoms with Crippen molar-refractivity contribution in [3.05, 3.63) is 53.8 Å². The summed E-state index contributed by atoms with van der Waals surface area (Å²) in [6.07, 6.45) is 0.285. The number of carbonyl (C=O) groups excluding carboxylic acids is 2. The maximum atomic E-state index is 13.8. The number of rotatable bonds is 6. The van der Waals surface area contributed by atoms with Gasteiger partial charge in [0, 0.05) is 17.5 Å². The number of anilines is 1. The Morgan fingerprint density at radius 3 is 2.64 bits per heavy atom. The molecule has 2 amide bonds. The quantitative estimate of drug-likeness (QED) is 0.774. The second-order valence-corrected chi connectivity index (χ2v) is 7.47. The number of carbonyl (C=O) groups is 2. The minimum Gasteiger partial charge on any atom is -0.493 e. The summed E-state index contributed by atoms with van der Waals surface area (Å²) in [5.41, 5.74) is 1.03. The van der Waals surface area contributed by atoms with Crippen molar-refractivity contribution < 1.29 is 23.5 Å². The Kier molecular flexibility index (Phi) is 6.41. The molecule has 1 aliphatic heterocycles. The number of methoxy groups -OCH3 is 2. The minimum atomic E-state index is -0.664. The third-order valence-electron chi connectivity index (χ3n) is 4.40. The van der Waals surface area contributed by atoms with Gasteiger partial charge in [-0.25, -0.2) is 4.39 Å². The number of benzene rings is 2. The lowest BCUT2D eigenvalue weighted by Gasteiger charge is -2.28. The molecular weight excluding hydrogens is 383 g/mol. The molecule has 0 spiro atoms. The standard InChI is InChI=1S/C20H21FN2O4S/c1-26-16-8-7-13(10-17(16)27-2)22-19(24)15-11-28-18(20(25)23-15)9-12-5-3-4-6-14(12)21/h3-8,10,15,18H,9,11H2,1-2H3,(H,22,24)(H,23,25)/t15-,18+/m0/s1. The van der Waals surface area contributed by atoms with Crippen LogP contribution >= 0.6 is 11.8 Å². The van der Waals surface area contributed by atoms with Gasteiger partial charge < -0.3 is 20.1 Å². The Morgan fingerprint density at radius 1 is 1.21 bits per heavy atom.